The Balaban J connectivity index is 1.18. The minimum atomic E-state index is -0.0238. The molecule has 3 aromatic rings. The summed E-state index contributed by atoms with van der Waals surface area (Å²) in [6, 6.07) is 9.54. The summed E-state index contributed by atoms with van der Waals surface area (Å²) in [5.41, 5.74) is 1.70. The summed E-state index contributed by atoms with van der Waals surface area (Å²) in [7, 11) is 0. The van der Waals surface area contributed by atoms with E-state index in [0.717, 1.165) is 36.5 Å². The molecule has 4 heterocycles. The Labute approximate surface area is 178 Å². The van der Waals surface area contributed by atoms with Crippen molar-refractivity contribution in [3.05, 3.63) is 41.7 Å². The van der Waals surface area contributed by atoms with E-state index in [2.05, 4.69) is 25.9 Å². The normalized spacial score (nSPS) is 17.2. The fourth-order valence-electron chi connectivity index (χ4n) is 3.67. The molecule has 1 aromatic carbocycles. The van der Waals surface area contributed by atoms with Gasteiger partial charge in [0.2, 0.25) is 12.7 Å². The van der Waals surface area contributed by atoms with Crippen LogP contribution in [-0.4, -0.2) is 51.8 Å². The number of anilines is 1. The van der Waals surface area contributed by atoms with Crippen LogP contribution in [0, 0.1) is 0 Å². The van der Waals surface area contributed by atoms with Gasteiger partial charge in [-0.05, 0) is 42.7 Å². The Morgan fingerprint density at radius 1 is 1.16 bits per heavy atom. The van der Waals surface area contributed by atoms with Gasteiger partial charge in [-0.3, -0.25) is 4.79 Å². The standard InChI is InChI=1S/C21H24N6O4/c28-21(23-12-15-2-1-9-29-15)8-7-20-25-24-19-6-5-18(26-27(19)20)22-11-14-3-4-16-17(10-14)31-13-30-16/h3-6,10,15H,1-2,7-9,11-13H2,(H,22,26)(H,23,28)/t15-/m0/s1. The molecule has 162 valence electrons. The minimum Gasteiger partial charge on any atom is -0.454 e. The molecule has 0 aliphatic carbocycles. The number of benzene rings is 1. The largest absolute Gasteiger partial charge is 0.454 e. The number of carbonyl (C=O) groups excluding carboxylic acids is 1. The van der Waals surface area contributed by atoms with E-state index in [4.69, 9.17) is 14.2 Å². The zero-order chi connectivity index (χ0) is 21.0. The van der Waals surface area contributed by atoms with Crippen LogP contribution in [0.5, 0.6) is 11.5 Å². The van der Waals surface area contributed by atoms with Gasteiger partial charge in [-0.25, -0.2) is 0 Å². The van der Waals surface area contributed by atoms with Crippen molar-refractivity contribution >= 4 is 17.4 Å². The van der Waals surface area contributed by atoms with E-state index in [0.29, 0.717) is 43.2 Å². The van der Waals surface area contributed by atoms with E-state index in [1.165, 1.54) is 0 Å². The quantitative estimate of drug-likeness (QED) is 0.562. The van der Waals surface area contributed by atoms with Crippen molar-refractivity contribution < 1.29 is 19.0 Å². The molecular weight excluding hydrogens is 400 g/mol. The second-order valence-corrected chi connectivity index (χ2v) is 7.59. The number of hydrogen-bond donors (Lipinski definition) is 2. The number of nitrogens with one attached hydrogen (secondary N) is 2. The first-order valence-corrected chi connectivity index (χ1v) is 10.5. The summed E-state index contributed by atoms with van der Waals surface area (Å²) < 4.78 is 18.0. The highest BCUT2D eigenvalue weighted by Crippen LogP contribution is 2.32. The molecule has 5 rings (SSSR count). The zero-order valence-electron chi connectivity index (χ0n) is 17.0. The minimum absolute atomic E-state index is 0.0238. The molecule has 10 heteroatoms. The van der Waals surface area contributed by atoms with E-state index in [1.54, 1.807) is 4.52 Å². The smallest absolute Gasteiger partial charge is 0.231 e. The molecule has 10 nitrogen and oxygen atoms in total. The third-order valence-electron chi connectivity index (χ3n) is 5.36. The van der Waals surface area contributed by atoms with E-state index in [-0.39, 0.29) is 18.8 Å². The fraction of sp³-hybridized carbons (Fsp3) is 0.429. The van der Waals surface area contributed by atoms with Gasteiger partial charge >= 0.3 is 0 Å². The number of carbonyl (C=O) groups is 1. The molecule has 1 fully saturated rings. The van der Waals surface area contributed by atoms with E-state index in [1.807, 2.05) is 30.3 Å². The first-order valence-electron chi connectivity index (χ1n) is 10.5. The van der Waals surface area contributed by atoms with Crippen molar-refractivity contribution in [1.82, 2.24) is 25.1 Å². The molecule has 0 bridgehead atoms. The Kier molecular flexibility index (Phi) is 5.53. The molecule has 1 amide bonds. The molecule has 0 saturated carbocycles. The highest BCUT2D eigenvalue weighted by molar-refractivity contribution is 5.76. The lowest BCUT2D eigenvalue weighted by Crippen LogP contribution is -2.32. The number of fused-ring (bicyclic) bond motifs is 2. The van der Waals surface area contributed by atoms with Crippen LogP contribution in [0.2, 0.25) is 0 Å². The maximum atomic E-state index is 12.2. The van der Waals surface area contributed by atoms with Gasteiger partial charge in [0.25, 0.3) is 0 Å². The van der Waals surface area contributed by atoms with Gasteiger partial charge in [-0.1, -0.05) is 6.07 Å². The van der Waals surface area contributed by atoms with Crippen LogP contribution >= 0.6 is 0 Å². The average molecular weight is 424 g/mol. The molecule has 2 aliphatic rings. The van der Waals surface area contributed by atoms with Crippen molar-refractivity contribution in [3.63, 3.8) is 0 Å². The number of nitrogens with zero attached hydrogens (tertiary/aromatic N) is 4. The summed E-state index contributed by atoms with van der Waals surface area (Å²) in [5, 5.41) is 19.1. The first-order chi connectivity index (χ1) is 15.2. The molecule has 1 saturated heterocycles. The number of rotatable bonds is 8. The van der Waals surface area contributed by atoms with Crippen molar-refractivity contribution in [2.24, 2.45) is 0 Å². The van der Waals surface area contributed by atoms with Gasteiger partial charge in [-0.2, -0.15) is 4.52 Å². The molecule has 2 aliphatic heterocycles. The highest BCUT2D eigenvalue weighted by Gasteiger charge is 2.17. The number of aryl methyl sites for hydroxylation is 1. The number of ether oxygens (including phenoxy) is 3. The van der Waals surface area contributed by atoms with Crippen molar-refractivity contribution in [2.75, 3.05) is 25.3 Å². The molecule has 0 unspecified atom stereocenters. The average Bonchev–Trinajstić information content (AvgIpc) is 3.55. The predicted octanol–water partition coefficient (Wildman–Crippen LogP) is 1.69. The zero-order valence-corrected chi connectivity index (χ0v) is 17.0. The van der Waals surface area contributed by atoms with Crippen LogP contribution < -0.4 is 20.1 Å². The lowest BCUT2D eigenvalue weighted by Gasteiger charge is -2.10. The van der Waals surface area contributed by atoms with E-state index in [9.17, 15) is 4.79 Å². The van der Waals surface area contributed by atoms with Crippen LogP contribution in [0.1, 0.15) is 30.7 Å². The summed E-state index contributed by atoms with van der Waals surface area (Å²) in [5.74, 6) is 2.83. The molecule has 0 spiro atoms. The van der Waals surface area contributed by atoms with Crippen molar-refractivity contribution in [1.29, 1.82) is 0 Å². The predicted molar refractivity (Wildman–Crippen MR) is 111 cm³/mol. The number of amides is 1. The first kappa shape index (κ1) is 19.6. The number of hydrogen-bond acceptors (Lipinski definition) is 8. The molecule has 1 atom stereocenters. The second kappa shape index (κ2) is 8.76. The van der Waals surface area contributed by atoms with E-state index < -0.39 is 0 Å². The van der Waals surface area contributed by atoms with Crippen LogP contribution in [0.25, 0.3) is 5.65 Å². The molecule has 2 N–H and O–H groups in total. The van der Waals surface area contributed by atoms with Crippen LogP contribution in [0.15, 0.2) is 30.3 Å². The summed E-state index contributed by atoms with van der Waals surface area (Å²) in [6.45, 7) is 2.18. The third kappa shape index (κ3) is 4.53. The van der Waals surface area contributed by atoms with Crippen LogP contribution in [0.3, 0.4) is 0 Å². The number of aromatic nitrogens is 4. The third-order valence-corrected chi connectivity index (χ3v) is 5.36. The van der Waals surface area contributed by atoms with Gasteiger partial charge < -0.3 is 24.8 Å². The molecular formula is C21H24N6O4. The highest BCUT2D eigenvalue weighted by atomic mass is 16.7. The van der Waals surface area contributed by atoms with Crippen molar-refractivity contribution in [3.8, 4) is 11.5 Å². The lowest BCUT2D eigenvalue weighted by molar-refractivity contribution is -0.121. The second-order valence-electron chi connectivity index (χ2n) is 7.59. The lowest BCUT2D eigenvalue weighted by atomic mass is 10.2. The maximum Gasteiger partial charge on any atom is 0.231 e. The Hall–Kier alpha value is -3.40. The monoisotopic (exact) mass is 424 g/mol. The Morgan fingerprint density at radius 2 is 2.10 bits per heavy atom. The Bertz CT molecular complexity index is 1080. The topological polar surface area (TPSA) is 112 Å². The maximum absolute atomic E-state index is 12.2. The van der Waals surface area contributed by atoms with Gasteiger partial charge in [0.1, 0.15) is 5.82 Å². The van der Waals surface area contributed by atoms with Crippen LogP contribution in [-0.2, 0) is 22.5 Å². The fourth-order valence-corrected chi connectivity index (χ4v) is 3.67. The SMILES string of the molecule is O=C(CCc1nnc2ccc(NCc3ccc4c(c3)OCO4)nn12)NC[C@@H]1CCCO1. The van der Waals surface area contributed by atoms with Gasteiger partial charge in [0, 0.05) is 32.5 Å². The van der Waals surface area contributed by atoms with E-state index >= 15 is 0 Å². The summed E-state index contributed by atoms with van der Waals surface area (Å²) >= 11 is 0. The van der Waals surface area contributed by atoms with Crippen molar-refractivity contribution in [2.45, 2.75) is 38.3 Å². The molecule has 31 heavy (non-hydrogen) atoms. The van der Waals surface area contributed by atoms with Gasteiger partial charge in [-0.15, -0.1) is 15.3 Å². The summed E-state index contributed by atoms with van der Waals surface area (Å²) in [4.78, 5) is 12.2. The molecule has 0 radical (unpaired) electrons. The summed E-state index contributed by atoms with van der Waals surface area (Å²) in [6.07, 6.45) is 2.98. The van der Waals surface area contributed by atoms with Gasteiger partial charge in [0.05, 0.1) is 6.10 Å². The van der Waals surface area contributed by atoms with Gasteiger partial charge in [0.15, 0.2) is 23.0 Å². The molecule has 2 aromatic heterocycles. The van der Waals surface area contributed by atoms with Crippen LogP contribution in [0.4, 0.5) is 5.82 Å². The Morgan fingerprint density at radius 3 is 3.00 bits per heavy atom.